The highest BCUT2D eigenvalue weighted by molar-refractivity contribution is 5.86. The van der Waals surface area contributed by atoms with Gasteiger partial charge in [-0.05, 0) is 5.92 Å². The maximum Gasteiger partial charge on any atom is 0.153 e. The van der Waals surface area contributed by atoms with Gasteiger partial charge in [0.1, 0.15) is 17.4 Å². The van der Waals surface area contributed by atoms with Crippen LogP contribution < -0.4 is 5.73 Å². The van der Waals surface area contributed by atoms with Crippen molar-refractivity contribution in [1.29, 1.82) is 0 Å². The van der Waals surface area contributed by atoms with E-state index in [1.807, 2.05) is 7.05 Å². The Kier molecular flexibility index (Phi) is 1.87. The summed E-state index contributed by atoms with van der Waals surface area (Å²) >= 11 is 0. The fourth-order valence-corrected chi connectivity index (χ4v) is 1.55. The Hall–Kier alpha value is -1.65. The second kappa shape index (κ2) is 2.94. The molecule has 0 spiro atoms. The monoisotopic (exact) mass is 191 g/mol. The average molecular weight is 191 g/mol. The molecule has 0 aliphatic carbocycles. The van der Waals surface area contributed by atoms with E-state index in [9.17, 15) is 0 Å². The highest BCUT2D eigenvalue weighted by Gasteiger charge is 2.14. The Balaban J connectivity index is 2.84. The van der Waals surface area contributed by atoms with Crippen LogP contribution in [0.1, 0.15) is 25.5 Å². The lowest BCUT2D eigenvalue weighted by molar-refractivity contribution is 0.728. The first-order valence-corrected chi connectivity index (χ1v) is 4.54. The summed E-state index contributed by atoms with van der Waals surface area (Å²) in [5.41, 5.74) is 8.40. The average Bonchev–Trinajstić information content (AvgIpc) is 2.45. The molecule has 5 nitrogen and oxygen atoms in total. The molecule has 2 N–H and O–H groups in total. The Bertz CT molecular complexity index is 471. The van der Waals surface area contributed by atoms with E-state index in [2.05, 4.69) is 28.9 Å². The van der Waals surface area contributed by atoms with E-state index in [-0.39, 0.29) is 0 Å². The molecule has 14 heavy (non-hydrogen) atoms. The molecule has 0 aliphatic rings. The van der Waals surface area contributed by atoms with Gasteiger partial charge >= 0.3 is 0 Å². The molecular formula is C9H13N5. The molecule has 0 aliphatic heterocycles. The summed E-state index contributed by atoms with van der Waals surface area (Å²) in [6.45, 7) is 4.17. The topological polar surface area (TPSA) is 69.6 Å². The highest BCUT2D eigenvalue weighted by Crippen LogP contribution is 2.24. The van der Waals surface area contributed by atoms with E-state index in [1.54, 1.807) is 4.68 Å². The number of rotatable bonds is 1. The van der Waals surface area contributed by atoms with Crippen molar-refractivity contribution in [3.63, 3.8) is 0 Å². The first-order chi connectivity index (χ1) is 6.61. The first-order valence-electron chi connectivity index (χ1n) is 4.54. The smallest absolute Gasteiger partial charge is 0.153 e. The molecule has 0 fully saturated rings. The molecule has 0 aromatic carbocycles. The SMILES string of the molecule is CC(C)c1nn(C)c2c(N)ncnc12. The minimum atomic E-state index is 0.341. The molecule has 2 aromatic heterocycles. The fraction of sp³-hybridized carbons (Fsp3) is 0.444. The van der Waals surface area contributed by atoms with Crippen LogP contribution in [0.5, 0.6) is 0 Å². The quantitative estimate of drug-likeness (QED) is 0.732. The van der Waals surface area contributed by atoms with Crippen LogP contribution >= 0.6 is 0 Å². The zero-order valence-corrected chi connectivity index (χ0v) is 8.52. The predicted octanol–water partition coefficient (Wildman–Crippen LogP) is 1.07. The van der Waals surface area contributed by atoms with Gasteiger partial charge in [0.25, 0.3) is 0 Å². The summed E-state index contributed by atoms with van der Waals surface area (Å²) in [6, 6.07) is 0. The zero-order valence-electron chi connectivity index (χ0n) is 8.52. The molecular weight excluding hydrogens is 178 g/mol. The number of nitrogens with two attached hydrogens (primary N) is 1. The van der Waals surface area contributed by atoms with Crippen molar-refractivity contribution in [3.05, 3.63) is 12.0 Å². The van der Waals surface area contributed by atoms with Crippen LogP contribution in [0.3, 0.4) is 0 Å². The predicted molar refractivity (Wildman–Crippen MR) is 54.8 cm³/mol. The molecule has 0 amide bonds. The maximum atomic E-state index is 5.76. The lowest BCUT2D eigenvalue weighted by Crippen LogP contribution is -1.97. The largest absolute Gasteiger partial charge is 0.382 e. The van der Waals surface area contributed by atoms with Crippen LogP contribution in [0.4, 0.5) is 5.82 Å². The lowest BCUT2D eigenvalue weighted by Gasteiger charge is -1.98. The molecule has 2 aromatic rings. The van der Waals surface area contributed by atoms with Gasteiger partial charge in [-0.15, -0.1) is 0 Å². The van der Waals surface area contributed by atoms with Crippen LogP contribution in [-0.4, -0.2) is 19.7 Å². The molecule has 0 atom stereocenters. The van der Waals surface area contributed by atoms with Crippen molar-refractivity contribution >= 4 is 16.9 Å². The second-order valence-corrected chi connectivity index (χ2v) is 3.62. The number of nitrogen functional groups attached to an aromatic ring is 1. The Morgan fingerprint density at radius 3 is 2.71 bits per heavy atom. The third-order valence-corrected chi connectivity index (χ3v) is 2.22. The number of hydrogen-bond acceptors (Lipinski definition) is 4. The molecule has 0 saturated carbocycles. The Morgan fingerprint density at radius 2 is 2.07 bits per heavy atom. The van der Waals surface area contributed by atoms with Gasteiger partial charge in [-0.25, -0.2) is 9.97 Å². The van der Waals surface area contributed by atoms with E-state index < -0.39 is 0 Å². The highest BCUT2D eigenvalue weighted by atomic mass is 15.3. The van der Waals surface area contributed by atoms with Crippen molar-refractivity contribution in [2.24, 2.45) is 7.05 Å². The van der Waals surface area contributed by atoms with Crippen molar-refractivity contribution in [1.82, 2.24) is 19.7 Å². The van der Waals surface area contributed by atoms with Gasteiger partial charge in [0, 0.05) is 7.05 Å². The molecule has 0 saturated heterocycles. The van der Waals surface area contributed by atoms with Crippen LogP contribution in [0.25, 0.3) is 11.0 Å². The van der Waals surface area contributed by atoms with Crippen LogP contribution in [0.15, 0.2) is 6.33 Å². The minimum Gasteiger partial charge on any atom is -0.382 e. The summed E-state index contributed by atoms with van der Waals surface area (Å²) in [5.74, 6) is 0.824. The summed E-state index contributed by atoms with van der Waals surface area (Å²) in [4.78, 5) is 8.16. The van der Waals surface area contributed by atoms with Gasteiger partial charge in [0.2, 0.25) is 0 Å². The number of fused-ring (bicyclic) bond motifs is 1. The van der Waals surface area contributed by atoms with E-state index in [4.69, 9.17) is 5.73 Å². The van der Waals surface area contributed by atoms with Gasteiger partial charge in [-0.2, -0.15) is 5.10 Å². The summed E-state index contributed by atoms with van der Waals surface area (Å²) in [5, 5.41) is 4.38. The van der Waals surface area contributed by atoms with Gasteiger partial charge in [0.05, 0.1) is 5.69 Å². The van der Waals surface area contributed by atoms with Gasteiger partial charge in [-0.3, -0.25) is 4.68 Å². The summed E-state index contributed by atoms with van der Waals surface area (Å²) < 4.78 is 1.74. The van der Waals surface area contributed by atoms with Gasteiger partial charge in [-0.1, -0.05) is 13.8 Å². The van der Waals surface area contributed by atoms with Crippen molar-refractivity contribution in [2.75, 3.05) is 5.73 Å². The molecule has 0 unspecified atom stereocenters. The third-order valence-electron chi connectivity index (χ3n) is 2.22. The fourth-order valence-electron chi connectivity index (χ4n) is 1.55. The zero-order chi connectivity index (χ0) is 10.3. The molecule has 0 radical (unpaired) electrons. The van der Waals surface area contributed by atoms with E-state index in [0.717, 1.165) is 16.7 Å². The number of anilines is 1. The van der Waals surface area contributed by atoms with Crippen LogP contribution in [0, 0.1) is 0 Å². The first kappa shape index (κ1) is 8.93. The molecule has 2 heterocycles. The van der Waals surface area contributed by atoms with Crippen molar-refractivity contribution in [2.45, 2.75) is 19.8 Å². The number of nitrogens with zero attached hydrogens (tertiary/aromatic N) is 4. The minimum absolute atomic E-state index is 0.341. The van der Waals surface area contributed by atoms with Crippen molar-refractivity contribution in [3.8, 4) is 0 Å². The Labute approximate surface area is 82.0 Å². The number of aromatic nitrogens is 4. The van der Waals surface area contributed by atoms with Crippen LogP contribution in [-0.2, 0) is 7.05 Å². The lowest BCUT2D eigenvalue weighted by atomic mass is 10.1. The van der Waals surface area contributed by atoms with Crippen LogP contribution in [0.2, 0.25) is 0 Å². The second-order valence-electron chi connectivity index (χ2n) is 3.62. The molecule has 2 rings (SSSR count). The standard InChI is InChI=1S/C9H13N5/c1-5(2)6-7-8(14(3)13-6)9(10)12-4-11-7/h4-5H,1-3H3,(H2,10,11,12). The normalized spacial score (nSPS) is 11.4. The van der Waals surface area contributed by atoms with E-state index in [1.165, 1.54) is 6.33 Å². The maximum absolute atomic E-state index is 5.76. The van der Waals surface area contributed by atoms with E-state index >= 15 is 0 Å². The number of aryl methyl sites for hydroxylation is 1. The van der Waals surface area contributed by atoms with Gasteiger partial charge in [0.15, 0.2) is 5.82 Å². The van der Waals surface area contributed by atoms with Crippen molar-refractivity contribution < 1.29 is 0 Å². The van der Waals surface area contributed by atoms with E-state index in [0.29, 0.717) is 11.7 Å². The molecule has 5 heteroatoms. The third kappa shape index (κ3) is 1.13. The Morgan fingerprint density at radius 1 is 1.36 bits per heavy atom. The number of hydrogen-bond donors (Lipinski definition) is 1. The molecule has 74 valence electrons. The summed E-state index contributed by atoms with van der Waals surface area (Å²) in [6.07, 6.45) is 1.48. The molecule has 0 bridgehead atoms. The van der Waals surface area contributed by atoms with Gasteiger partial charge < -0.3 is 5.73 Å². The summed E-state index contributed by atoms with van der Waals surface area (Å²) in [7, 11) is 1.86.